The van der Waals surface area contributed by atoms with Crippen molar-refractivity contribution in [2.75, 3.05) is 25.1 Å². The number of nitrogens with two attached hydrogens (primary N) is 1. The third-order valence-corrected chi connectivity index (χ3v) is 11.8. The third-order valence-electron chi connectivity index (χ3n) is 9.74. The molecule has 2 aromatic carbocycles. The van der Waals surface area contributed by atoms with E-state index < -0.39 is 40.8 Å². The Hall–Kier alpha value is -5.13. The van der Waals surface area contributed by atoms with Crippen LogP contribution in [0.3, 0.4) is 0 Å². The number of oxime groups is 1. The number of thiazole rings is 1. The normalized spacial score (nSPS) is 21.4. The minimum atomic E-state index is -1.77. The lowest BCUT2D eigenvalue weighted by Crippen LogP contribution is -2.71. The van der Waals surface area contributed by atoms with Gasteiger partial charge in [-0.25, -0.2) is 14.6 Å². The number of carbonyl (C=O) groups is 4. The van der Waals surface area contributed by atoms with Crippen LogP contribution in [0.25, 0.3) is 0 Å². The van der Waals surface area contributed by atoms with Crippen LogP contribution >= 0.6 is 23.1 Å². The average Bonchev–Trinajstić information content (AvgIpc) is 3.54. The molecule has 4 heterocycles. The highest BCUT2D eigenvalue weighted by molar-refractivity contribution is 8.00. The Morgan fingerprint density at radius 2 is 1.83 bits per heavy atom. The van der Waals surface area contributed by atoms with Crippen molar-refractivity contribution in [1.29, 1.82) is 0 Å². The van der Waals surface area contributed by atoms with Crippen molar-refractivity contribution >= 4 is 57.7 Å². The van der Waals surface area contributed by atoms with E-state index in [9.17, 15) is 39.6 Å². The fourth-order valence-corrected chi connectivity index (χ4v) is 8.68. The number of nitrogens with one attached hydrogen (secondary N) is 1. The lowest BCUT2D eigenvalue weighted by molar-refractivity contribution is -0.937. The highest BCUT2D eigenvalue weighted by Crippen LogP contribution is 2.42. The van der Waals surface area contributed by atoms with Gasteiger partial charge >= 0.3 is 11.9 Å². The molecule has 3 aliphatic rings. The van der Waals surface area contributed by atoms with Gasteiger partial charge < -0.3 is 40.8 Å². The van der Waals surface area contributed by atoms with Crippen LogP contribution in [0.2, 0.25) is 0 Å². The second-order valence-electron chi connectivity index (χ2n) is 14.2. The van der Waals surface area contributed by atoms with Crippen molar-refractivity contribution in [2.45, 2.75) is 69.6 Å². The maximum absolute atomic E-state index is 13.4. The summed E-state index contributed by atoms with van der Waals surface area (Å²) in [4.78, 5) is 61.0. The number of amides is 2. The summed E-state index contributed by atoms with van der Waals surface area (Å²) in [5.41, 5.74) is 8.33. The molecule has 1 unspecified atom stereocenters. The molecule has 0 bridgehead atoms. The number of fused-ring (bicyclic) bond motifs is 2. The van der Waals surface area contributed by atoms with E-state index in [0.29, 0.717) is 37.0 Å². The van der Waals surface area contributed by atoms with Crippen LogP contribution in [0.4, 0.5) is 5.13 Å². The number of hydrogen-bond donors (Lipinski definition) is 6. The molecule has 6 rings (SSSR count). The van der Waals surface area contributed by atoms with Crippen LogP contribution in [0.15, 0.2) is 58.2 Å². The van der Waals surface area contributed by atoms with E-state index in [0.717, 1.165) is 52.1 Å². The standard InChI is InChI=1S/C36H40N6O9S2/c1-36(2,34(49)50)51-40-26(24-18-53-35(37)38-24)30(45)39-27-31(46)41-28(33(47)48)22(17-52-32(27)41)6-4-5-19-7-9-20(10-8-19)15-42(3)14-13-23-21(16-42)11-12-25(43)29(23)44/h7-12,18,27,32H,4-6,13-17H2,1-3H3,(H6-,37,38,39,40,43,44,45,47,48,49,50)/p+1/t27-,32-,42?/m1/s1. The fraction of sp³-hybridized carbons (Fsp3) is 0.389. The first-order valence-corrected chi connectivity index (χ1v) is 18.9. The second kappa shape index (κ2) is 14.7. The number of quaternary nitrogens is 1. The van der Waals surface area contributed by atoms with E-state index in [1.165, 1.54) is 47.5 Å². The van der Waals surface area contributed by atoms with Crippen molar-refractivity contribution in [3.05, 3.63) is 81.0 Å². The maximum atomic E-state index is 13.4. The number of likely N-dealkylation sites (N-methyl/N-ethyl adjacent to an activating group) is 1. The van der Waals surface area contributed by atoms with Gasteiger partial charge in [0.05, 0.1) is 13.6 Å². The Bertz CT molecular complexity index is 2030. The summed E-state index contributed by atoms with van der Waals surface area (Å²) >= 11 is 2.38. The topological polar surface area (TPSA) is 225 Å². The van der Waals surface area contributed by atoms with Crippen LogP contribution in [-0.4, -0.2) is 101 Å². The lowest BCUT2D eigenvalue weighted by Gasteiger charge is -2.49. The lowest BCUT2D eigenvalue weighted by atomic mass is 9.95. The van der Waals surface area contributed by atoms with Crippen LogP contribution in [0.5, 0.6) is 11.5 Å². The van der Waals surface area contributed by atoms with Gasteiger partial charge in [-0.2, -0.15) is 0 Å². The molecule has 0 aliphatic carbocycles. The summed E-state index contributed by atoms with van der Waals surface area (Å²) in [7, 11) is 2.19. The molecule has 17 heteroatoms. The zero-order chi connectivity index (χ0) is 38.2. The van der Waals surface area contributed by atoms with Crippen LogP contribution in [0, 0.1) is 0 Å². The average molecular weight is 766 g/mol. The number of carboxylic acids is 2. The number of aryl methyl sites for hydroxylation is 1. The second-order valence-corrected chi connectivity index (χ2v) is 16.2. The van der Waals surface area contributed by atoms with E-state index >= 15 is 0 Å². The first-order chi connectivity index (χ1) is 25.1. The number of β-lactam (4-membered cyclic amide) rings is 1. The predicted octanol–water partition coefficient (Wildman–Crippen LogP) is 3.18. The minimum Gasteiger partial charge on any atom is -0.504 e. The van der Waals surface area contributed by atoms with Gasteiger partial charge in [-0.3, -0.25) is 14.5 Å². The van der Waals surface area contributed by atoms with Crippen molar-refractivity contribution < 1.29 is 48.9 Å². The molecular formula is C36H41N6O9S2+. The molecule has 2 amide bonds. The molecule has 0 saturated carbocycles. The number of aromatic nitrogens is 1. The molecule has 15 nitrogen and oxygen atoms in total. The van der Waals surface area contributed by atoms with Gasteiger partial charge in [0.1, 0.15) is 35.9 Å². The Balaban J connectivity index is 1.06. The molecule has 0 radical (unpaired) electrons. The number of aromatic hydroxyl groups is 2. The van der Waals surface area contributed by atoms with E-state index in [4.69, 9.17) is 10.6 Å². The Kier molecular flexibility index (Phi) is 10.4. The molecular weight excluding hydrogens is 725 g/mol. The number of nitrogens with zero attached hydrogens (tertiary/aromatic N) is 4. The number of thioether (sulfide) groups is 1. The zero-order valence-electron chi connectivity index (χ0n) is 29.4. The van der Waals surface area contributed by atoms with E-state index in [2.05, 4.69) is 46.8 Å². The number of rotatable bonds is 13. The highest BCUT2D eigenvalue weighted by Gasteiger charge is 2.54. The molecule has 7 N–H and O–H groups in total. The van der Waals surface area contributed by atoms with Crippen molar-refractivity contribution in [1.82, 2.24) is 15.2 Å². The SMILES string of the molecule is CC(C)(O/N=C(\C(=O)N[C@@H]1C(=O)N2C(C(=O)O)=C(CCCc3ccc(C[N+]4(C)CCc5c(ccc(O)c5O)C4)cc3)CS[C@H]12)c1csc(N)n1)C(=O)O. The van der Waals surface area contributed by atoms with Crippen LogP contribution < -0.4 is 11.1 Å². The zero-order valence-corrected chi connectivity index (χ0v) is 31.0. The van der Waals surface area contributed by atoms with Gasteiger partial charge in [-0.15, -0.1) is 23.1 Å². The van der Waals surface area contributed by atoms with Gasteiger partial charge in [0, 0.05) is 34.2 Å². The molecule has 0 spiro atoms. The first kappa shape index (κ1) is 37.6. The van der Waals surface area contributed by atoms with Crippen LogP contribution in [-0.2, 0) is 49.9 Å². The first-order valence-electron chi connectivity index (χ1n) is 16.9. The van der Waals surface area contributed by atoms with Gasteiger partial charge in [0.25, 0.3) is 11.8 Å². The molecule has 3 atom stereocenters. The van der Waals surface area contributed by atoms with Crippen LogP contribution in [0.1, 0.15) is 54.6 Å². The number of nitrogen functional groups attached to an aromatic ring is 1. The van der Waals surface area contributed by atoms with Gasteiger partial charge in [-0.1, -0.05) is 29.4 Å². The van der Waals surface area contributed by atoms with E-state index in [1.54, 1.807) is 0 Å². The van der Waals surface area contributed by atoms with E-state index in [-0.39, 0.29) is 33.7 Å². The molecule has 53 heavy (non-hydrogen) atoms. The molecule has 1 aromatic heterocycles. The number of anilines is 1. The number of phenols is 2. The fourth-order valence-electron chi connectivity index (χ4n) is 6.74. The molecule has 1 saturated heterocycles. The quantitative estimate of drug-likeness (QED) is 0.0485. The maximum Gasteiger partial charge on any atom is 0.352 e. The molecule has 1 fully saturated rings. The van der Waals surface area contributed by atoms with Crippen molar-refractivity contribution in [3.63, 3.8) is 0 Å². The Morgan fingerprint density at radius 3 is 2.49 bits per heavy atom. The van der Waals surface area contributed by atoms with Crippen molar-refractivity contribution in [2.24, 2.45) is 5.16 Å². The number of phenolic OH excluding ortho intramolecular Hbond substituents is 2. The molecule has 3 aromatic rings. The number of carboxylic acid groups (broad SMARTS) is 2. The summed E-state index contributed by atoms with van der Waals surface area (Å²) in [5.74, 6) is -3.73. The summed E-state index contributed by atoms with van der Waals surface area (Å²) < 4.78 is 0.774. The number of carbonyl (C=O) groups excluding carboxylic acids is 2. The van der Waals surface area contributed by atoms with Gasteiger partial charge in [-0.05, 0) is 56.4 Å². The summed E-state index contributed by atoms with van der Waals surface area (Å²) in [6.45, 7) is 4.90. The number of aliphatic carboxylic acids is 2. The number of benzene rings is 2. The Morgan fingerprint density at radius 1 is 1.11 bits per heavy atom. The van der Waals surface area contributed by atoms with Crippen molar-refractivity contribution in [3.8, 4) is 11.5 Å². The summed E-state index contributed by atoms with van der Waals surface area (Å²) in [6.07, 6.45) is 2.53. The van der Waals surface area contributed by atoms with E-state index in [1.807, 2.05) is 6.07 Å². The predicted molar refractivity (Wildman–Crippen MR) is 197 cm³/mol. The largest absolute Gasteiger partial charge is 0.504 e. The highest BCUT2D eigenvalue weighted by atomic mass is 32.2. The summed E-state index contributed by atoms with van der Waals surface area (Å²) in [5, 5.41) is 46.9. The Labute approximate surface area is 313 Å². The summed E-state index contributed by atoms with van der Waals surface area (Å²) in [6, 6.07) is 10.7. The smallest absolute Gasteiger partial charge is 0.352 e. The molecule has 3 aliphatic heterocycles. The van der Waals surface area contributed by atoms with Gasteiger partial charge in [0.15, 0.2) is 22.3 Å². The monoisotopic (exact) mass is 765 g/mol. The minimum absolute atomic E-state index is 0.0211. The number of hydrogen-bond acceptors (Lipinski definition) is 12. The van der Waals surface area contributed by atoms with Gasteiger partial charge in [0.2, 0.25) is 5.60 Å². The third kappa shape index (κ3) is 7.82. The molecule has 280 valence electrons.